The van der Waals surface area contributed by atoms with Gasteiger partial charge in [0.15, 0.2) is 0 Å². The molecule has 22 heavy (non-hydrogen) atoms. The Bertz CT molecular complexity index is 525. The number of nitrogens with zero attached hydrogens (tertiary/aromatic N) is 3. The Morgan fingerprint density at radius 2 is 2.09 bits per heavy atom. The first-order valence-corrected chi connectivity index (χ1v) is 8.48. The summed E-state index contributed by atoms with van der Waals surface area (Å²) < 4.78 is 1.90. The van der Waals surface area contributed by atoms with Crippen LogP contribution in [0.3, 0.4) is 0 Å². The van der Waals surface area contributed by atoms with Gasteiger partial charge in [-0.3, -0.25) is 5.32 Å². The molecular formula is C16H25N5O. The minimum atomic E-state index is -0.211. The van der Waals surface area contributed by atoms with Crippen LogP contribution < -0.4 is 10.6 Å². The number of rotatable bonds is 4. The zero-order valence-corrected chi connectivity index (χ0v) is 13.1. The van der Waals surface area contributed by atoms with Crippen LogP contribution in [-0.2, 0) is 13.0 Å². The molecule has 2 aliphatic rings. The normalized spacial score (nSPS) is 18.1. The Hall–Kier alpha value is -1.85. The monoisotopic (exact) mass is 303 g/mol. The van der Waals surface area contributed by atoms with Gasteiger partial charge in [0.05, 0.1) is 0 Å². The number of amides is 2. The molecule has 2 heterocycles. The minimum Gasteiger partial charge on any atom is -0.337 e. The number of anilines is 1. The summed E-state index contributed by atoms with van der Waals surface area (Å²) >= 11 is 0. The van der Waals surface area contributed by atoms with Crippen molar-refractivity contribution in [2.24, 2.45) is 0 Å². The van der Waals surface area contributed by atoms with Gasteiger partial charge in [0.25, 0.3) is 0 Å². The molecule has 6 heteroatoms. The van der Waals surface area contributed by atoms with E-state index in [1.54, 1.807) is 0 Å². The molecule has 0 aromatic carbocycles. The number of carbonyl (C=O) groups excluding carboxylic acids is 1. The summed E-state index contributed by atoms with van der Waals surface area (Å²) in [6.07, 6.45) is 12.8. The van der Waals surface area contributed by atoms with Gasteiger partial charge in [-0.1, -0.05) is 18.1 Å². The third kappa shape index (κ3) is 4.08. The molecule has 0 spiro atoms. The summed E-state index contributed by atoms with van der Waals surface area (Å²) in [6.45, 7) is 1.57. The summed E-state index contributed by atoms with van der Waals surface area (Å²) in [4.78, 5) is 16.3. The van der Waals surface area contributed by atoms with E-state index in [9.17, 15) is 4.79 Å². The van der Waals surface area contributed by atoms with Crippen molar-refractivity contribution in [1.29, 1.82) is 0 Å². The molecule has 0 unspecified atom stereocenters. The van der Waals surface area contributed by atoms with Crippen molar-refractivity contribution in [3.05, 3.63) is 17.5 Å². The number of aryl methyl sites for hydroxylation is 2. The van der Waals surface area contributed by atoms with Crippen LogP contribution in [0.5, 0.6) is 0 Å². The first-order valence-electron chi connectivity index (χ1n) is 8.48. The molecule has 3 rings (SSSR count). The molecule has 0 atom stereocenters. The van der Waals surface area contributed by atoms with Crippen LogP contribution in [-0.4, -0.2) is 27.3 Å². The zero-order valence-electron chi connectivity index (χ0n) is 13.1. The van der Waals surface area contributed by atoms with Crippen LogP contribution in [0.4, 0.5) is 10.7 Å². The van der Waals surface area contributed by atoms with E-state index >= 15 is 0 Å². The van der Waals surface area contributed by atoms with Crippen LogP contribution in [0.25, 0.3) is 0 Å². The Morgan fingerprint density at radius 3 is 3.00 bits per heavy atom. The van der Waals surface area contributed by atoms with Crippen LogP contribution in [0.1, 0.15) is 57.2 Å². The highest BCUT2D eigenvalue weighted by Crippen LogP contribution is 2.19. The Morgan fingerprint density at radius 1 is 1.18 bits per heavy atom. The van der Waals surface area contributed by atoms with E-state index in [1.165, 1.54) is 37.7 Å². The standard InChI is InChI=1S/C16H25N5O/c22-16(17-11-10-13-7-3-1-2-4-8-13)19-15-18-14-9-5-6-12-21(14)20-15/h7H,1-6,8-12H2,(H2,17,19,20,22). The molecular weight excluding hydrogens is 278 g/mol. The van der Waals surface area contributed by atoms with Gasteiger partial charge in [0, 0.05) is 19.5 Å². The first kappa shape index (κ1) is 15.1. The fourth-order valence-electron chi connectivity index (χ4n) is 3.13. The number of hydrogen-bond donors (Lipinski definition) is 2. The second kappa shape index (κ2) is 7.42. The van der Waals surface area contributed by atoms with Gasteiger partial charge in [-0.2, -0.15) is 4.98 Å². The van der Waals surface area contributed by atoms with E-state index in [0.717, 1.165) is 38.1 Å². The number of fused-ring (bicyclic) bond motifs is 1. The van der Waals surface area contributed by atoms with Crippen molar-refractivity contribution >= 4 is 12.0 Å². The number of urea groups is 1. The predicted molar refractivity (Wildman–Crippen MR) is 85.8 cm³/mol. The maximum Gasteiger partial charge on any atom is 0.321 e. The van der Waals surface area contributed by atoms with Crippen molar-refractivity contribution in [1.82, 2.24) is 20.1 Å². The van der Waals surface area contributed by atoms with Gasteiger partial charge >= 0.3 is 6.03 Å². The highest BCUT2D eigenvalue weighted by Gasteiger charge is 2.15. The van der Waals surface area contributed by atoms with Crippen LogP contribution in [0, 0.1) is 0 Å². The van der Waals surface area contributed by atoms with Crippen molar-refractivity contribution in [3.63, 3.8) is 0 Å². The lowest BCUT2D eigenvalue weighted by Crippen LogP contribution is -2.30. The van der Waals surface area contributed by atoms with Crippen LogP contribution in [0.15, 0.2) is 11.6 Å². The molecule has 6 nitrogen and oxygen atoms in total. The number of aromatic nitrogens is 3. The average Bonchev–Trinajstić information content (AvgIpc) is 2.73. The Kier molecular flexibility index (Phi) is 5.08. The first-order chi connectivity index (χ1) is 10.8. The lowest BCUT2D eigenvalue weighted by Gasteiger charge is -2.09. The van der Waals surface area contributed by atoms with Crippen LogP contribution in [0.2, 0.25) is 0 Å². The molecule has 1 aliphatic heterocycles. The third-order valence-electron chi connectivity index (χ3n) is 4.36. The predicted octanol–water partition coefficient (Wildman–Crippen LogP) is 3.02. The van der Waals surface area contributed by atoms with Gasteiger partial charge < -0.3 is 5.32 Å². The molecule has 0 fully saturated rings. The largest absolute Gasteiger partial charge is 0.337 e. The van der Waals surface area contributed by atoms with E-state index in [1.807, 2.05) is 4.68 Å². The highest BCUT2D eigenvalue weighted by atomic mass is 16.2. The lowest BCUT2D eigenvalue weighted by molar-refractivity contribution is 0.252. The number of nitrogens with one attached hydrogen (secondary N) is 2. The summed E-state index contributed by atoms with van der Waals surface area (Å²) in [7, 11) is 0. The van der Waals surface area contributed by atoms with E-state index in [2.05, 4.69) is 26.8 Å². The summed E-state index contributed by atoms with van der Waals surface area (Å²) in [5.41, 5.74) is 1.48. The quantitative estimate of drug-likeness (QED) is 0.840. The van der Waals surface area contributed by atoms with Gasteiger partial charge in [-0.25, -0.2) is 9.48 Å². The molecule has 0 saturated heterocycles. The molecule has 1 aromatic rings. The lowest BCUT2D eigenvalue weighted by atomic mass is 10.1. The van der Waals surface area contributed by atoms with E-state index in [0.29, 0.717) is 12.5 Å². The summed E-state index contributed by atoms with van der Waals surface area (Å²) in [6, 6.07) is -0.211. The van der Waals surface area contributed by atoms with Gasteiger partial charge in [0.1, 0.15) is 5.82 Å². The molecule has 0 bridgehead atoms. The number of hydrogen-bond acceptors (Lipinski definition) is 3. The molecule has 1 aromatic heterocycles. The maximum absolute atomic E-state index is 11.9. The molecule has 1 aliphatic carbocycles. The molecule has 0 saturated carbocycles. The van der Waals surface area contributed by atoms with Crippen molar-refractivity contribution in [2.75, 3.05) is 11.9 Å². The van der Waals surface area contributed by atoms with Gasteiger partial charge in [0.2, 0.25) is 5.95 Å². The fourth-order valence-corrected chi connectivity index (χ4v) is 3.13. The summed E-state index contributed by atoms with van der Waals surface area (Å²) in [5.74, 6) is 1.40. The number of allylic oxidation sites excluding steroid dienone is 1. The highest BCUT2D eigenvalue weighted by molar-refractivity contribution is 5.87. The SMILES string of the molecule is O=C(NCCC1=CCCCCC1)Nc1nc2n(n1)CCCC2. The zero-order chi connectivity index (χ0) is 15.2. The van der Waals surface area contributed by atoms with Gasteiger partial charge in [-0.15, -0.1) is 5.10 Å². The topological polar surface area (TPSA) is 71.8 Å². The average molecular weight is 303 g/mol. The van der Waals surface area contributed by atoms with Crippen molar-refractivity contribution in [3.8, 4) is 0 Å². The van der Waals surface area contributed by atoms with Crippen molar-refractivity contribution < 1.29 is 4.79 Å². The molecule has 2 N–H and O–H groups in total. The minimum absolute atomic E-state index is 0.211. The van der Waals surface area contributed by atoms with Crippen molar-refractivity contribution in [2.45, 2.75) is 64.3 Å². The molecule has 2 amide bonds. The van der Waals surface area contributed by atoms with E-state index in [-0.39, 0.29) is 6.03 Å². The fraction of sp³-hybridized carbons (Fsp3) is 0.688. The molecule has 0 radical (unpaired) electrons. The van der Waals surface area contributed by atoms with E-state index in [4.69, 9.17) is 0 Å². The van der Waals surface area contributed by atoms with E-state index < -0.39 is 0 Å². The smallest absolute Gasteiger partial charge is 0.321 e. The Balaban J connectivity index is 1.42. The Labute approximate surface area is 131 Å². The van der Waals surface area contributed by atoms with Crippen LogP contribution >= 0.6 is 0 Å². The second-order valence-corrected chi connectivity index (χ2v) is 6.12. The molecule has 120 valence electrons. The maximum atomic E-state index is 11.9. The number of carbonyl (C=O) groups is 1. The van der Waals surface area contributed by atoms with Gasteiger partial charge in [-0.05, 0) is 44.9 Å². The second-order valence-electron chi connectivity index (χ2n) is 6.12. The third-order valence-corrected chi connectivity index (χ3v) is 4.36. The summed E-state index contributed by atoms with van der Waals surface area (Å²) in [5, 5.41) is 9.96.